The third-order valence-corrected chi connectivity index (χ3v) is 2.79. The highest BCUT2D eigenvalue weighted by Gasteiger charge is 2.24. The molecule has 0 radical (unpaired) electrons. The van der Waals surface area contributed by atoms with Crippen LogP contribution in [0, 0.1) is 0 Å². The molecule has 1 aliphatic heterocycles. The highest BCUT2D eigenvalue weighted by molar-refractivity contribution is 5.79. The maximum atomic E-state index is 10.9. The number of hydrogen-bond donors (Lipinski definition) is 1. The van der Waals surface area contributed by atoms with Gasteiger partial charge in [-0.15, -0.1) is 0 Å². The van der Waals surface area contributed by atoms with E-state index in [1.54, 1.807) is 0 Å². The highest BCUT2D eigenvalue weighted by Crippen LogP contribution is 2.14. The zero-order valence-corrected chi connectivity index (χ0v) is 8.32. The number of hydrogen-bond acceptors (Lipinski definition) is 3. The van der Waals surface area contributed by atoms with E-state index in [9.17, 15) is 4.79 Å². The summed E-state index contributed by atoms with van der Waals surface area (Å²) in [6.45, 7) is 3.43. The van der Waals surface area contributed by atoms with Gasteiger partial charge in [-0.05, 0) is 26.8 Å². The van der Waals surface area contributed by atoms with Gasteiger partial charge >= 0.3 is 0 Å². The van der Waals surface area contributed by atoms with Gasteiger partial charge in [0.25, 0.3) is 0 Å². The second kappa shape index (κ2) is 4.58. The molecule has 1 saturated heterocycles. The second-order valence-electron chi connectivity index (χ2n) is 3.59. The van der Waals surface area contributed by atoms with Crippen molar-refractivity contribution >= 4 is 5.91 Å². The molecule has 0 spiro atoms. The third-order valence-electron chi connectivity index (χ3n) is 2.79. The van der Waals surface area contributed by atoms with E-state index in [0.717, 1.165) is 26.1 Å². The average Bonchev–Trinajstić information content (AvgIpc) is 2.17. The predicted octanol–water partition coefficient (Wildman–Crippen LogP) is -0.0290. The summed E-state index contributed by atoms with van der Waals surface area (Å²) >= 11 is 0. The van der Waals surface area contributed by atoms with Crippen LogP contribution in [0.3, 0.4) is 0 Å². The number of nitrogens with zero attached hydrogens (tertiary/aromatic N) is 1. The summed E-state index contributed by atoms with van der Waals surface area (Å²) in [5.41, 5.74) is 5.23. The summed E-state index contributed by atoms with van der Waals surface area (Å²) in [5, 5.41) is 0. The quantitative estimate of drug-likeness (QED) is 0.673. The topological polar surface area (TPSA) is 55.6 Å². The minimum absolute atomic E-state index is 0.178. The molecule has 0 aromatic rings. The molecule has 1 heterocycles. The van der Waals surface area contributed by atoms with Gasteiger partial charge in [-0.25, -0.2) is 0 Å². The molecule has 1 amide bonds. The Labute approximate surface area is 79.0 Å². The SMILES string of the molecule is CC(C(N)=O)N(C)C1CCOCC1. The number of carbonyl (C=O) groups is 1. The Bertz CT molecular complexity index is 178. The molecule has 4 heteroatoms. The molecule has 1 unspecified atom stereocenters. The zero-order valence-electron chi connectivity index (χ0n) is 8.32. The van der Waals surface area contributed by atoms with Crippen LogP contribution in [0.5, 0.6) is 0 Å². The van der Waals surface area contributed by atoms with E-state index in [2.05, 4.69) is 0 Å². The van der Waals surface area contributed by atoms with E-state index in [-0.39, 0.29) is 11.9 Å². The normalized spacial score (nSPS) is 21.8. The van der Waals surface area contributed by atoms with Crippen molar-refractivity contribution in [2.45, 2.75) is 31.8 Å². The molecule has 1 aliphatic rings. The number of nitrogens with two attached hydrogens (primary N) is 1. The second-order valence-corrected chi connectivity index (χ2v) is 3.59. The van der Waals surface area contributed by atoms with Crippen LogP contribution in [0.4, 0.5) is 0 Å². The van der Waals surface area contributed by atoms with Gasteiger partial charge in [-0.3, -0.25) is 9.69 Å². The van der Waals surface area contributed by atoms with Gasteiger partial charge in [-0.1, -0.05) is 0 Å². The van der Waals surface area contributed by atoms with Gasteiger partial charge in [0.15, 0.2) is 0 Å². The lowest BCUT2D eigenvalue weighted by atomic mass is 10.1. The minimum Gasteiger partial charge on any atom is -0.381 e. The number of primary amides is 1. The largest absolute Gasteiger partial charge is 0.381 e. The van der Waals surface area contributed by atoms with E-state index in [1.165, 1.54) is 0 Å². The summed E-state index contributed by atoms with van der Waals surface area (Å²) in [7, 11) is 1.95. The molecule has 76 valence electrons. The molecule has 0 aromatic carbocycles. The molecule has 0 aliphatic carbocycles. The van der Waals surface area contributed by atoms with Crippen LogP contribution < -0.4 is 5.73 Å². The third kappa shape index (κ3) is 2.67. The summed E-state index contributed by atoms with van der Waals surface area (Å²) in [6, 6.07) is 0.263. The van der Waals surface area contributed by atoms with Crippen molar-refractivity contribution in [1.82, 2.24) is 4.90 Å². The molecule has 1 atom stereocenters. The van der Waals surface area contributed by atoms with Crippen molar-refractivity contribution in [2.24, 2.45) is 5.73 Å². The van der Waals surface area contributed by atoms with E-state index in [1.807, 2.05) is 18.9 Å². The van der Waals surface area contributed by atoms with Crippen LogP contribution in [0.2, 0.25) is 0 Å². The first-order chi connectivity index (χ1) is 6.13. The Kier molecular flexibility index (Phi) is 3.69. The van der Waals surface area contributed by atoms with Gasteiger partial charge in [0.05, 0.1) is 6.04 Å². The summed E-state index contributed by atoms with van der Waals surface area (Å²) < 4.78 is 5.25. The molecule has 4 nitrogen and oxygen atoms in total. The molecule has 2 N–H and O–H groups in total. The Morgan fingerprint density at radius 3 is 2.54 bits per heavy atom. The first-order valence-electron chi connectivity index (χ1n) is 4.72. The van der Waals surface area contributed by atoms with Crippen LogP contribution in [0.15, 0.2) is 0 Å². The van der Waals surface area contributed by atoms with Crippen molar-refractivity contribution in [3.8, 4) is 0 Å². The Morgan fingerprint density at radius 1 is 1.54 bits per heavy atom. The number of rotatable bonds is 3. The summed E-state index contributed by atoms with van der Waals surface area (Å²) in [5.74, 6) is -0.256. The van der Waals surface area contributed by atoms with Crippen LogP contribution in [-0.4, -0.2) is 43.2 Å². The maximum Gasteiger partial charge on any atom is 0.234 e. The smallest absolute Gasteiger partial charge is 0.234 e. The van der Waals surface area contributed by atoms with Crippen molar-refractivity contribution < 1.29 is 9.53 Å². The molecule has 13 heavy (non-hydrogen) atoms. The molecular formula is C9H18N2O2. The predicted molar refractivity (Wildman–Crippen MR) is 50.3 cm³/mol. The van der Waals surface area contributed by atoms with Gasteiger partial charge < -0.3 is 10.5 Å². The highest BCUT2D eigenvalue weighted by atomic mass is 16.5. The molecule has 0 bridgehead atoms. The van der Waals surface area contributed by atoms with Crippen molar-refractivity contribution in [3.63, 3.8) is 0 Å². The minimum atomic E-state index is -0.256. The van der Waals surface area contributed by atoms with E-state index < -0.39 is 0 Å². The lowest BCUT2D eigenvalue weighted by Gasteiger charge is -2.33. The monoisotopic (exact) mass is 186 g/mol. The summed E-state index contributed by atoms with van der Waals surface area (Å²) in [6.07, 6.45) is 1.99. The van der Waals surface area contributed by atoms with Gasteiger partial charge in [0.1, 0.15) is 0 Å². The van der Waals surface area contributed by atoms with Crippen LogP contribution >= 0.6 is 0 Å². The Balaban J connectivity index is 2.44. The molecule has 0 saturated carbocycles. The maximum absolute atomic E-state index is 10.9. The number of likely N-dealkylation sites (N-methyl/N-ethyl adjacent to an activating group) is 1. The Morgan fingerprint density at radius 2 is 2.08 bits per heavy atom. The standard InChI is InChI=1S/C9H18N2O2/c1-7(9(10)12)11(2)8-3-5-13-6-4-8/h7-8H,3-6H2,1-2H3,(H2,10,12). The van der Waals surface area contributed by atoms with Crippen LogP contribution in [-0.2, 0) is 9.53 Å². The first kappa shape index (κ1) is 10.5. The van der Waals surface area contributed by atoms with E-state index in [0.29, 0.717) is 6.04 Å². The summed E-state index contributed by atoms with van der Waals surface area (Å²) in [4.78, 5) is 13.0. The fraction of sp³-hybridized carbons (Fsp3) is 0.889. The van der Waals surface area contributed by atoms with Crippen molar-refractivity contribution in [1.29, 1.82) is 0 Å². The van der Waals surface area contributed by atoms with Crippen LogP contribution in [0.25, 0.3) is 0 Å². The van der Waals surface area contributed by atoms with Crippen molar-refractivity contribution in [3.05, 3.63) is 0 Å². The molecule has 1 rings (SSSR count). The molecule has 1 fully saturated rings. The van der Waals surface area contributed by atoms with Gasteiger partial charge in [-0.2, -0.15) is 0 Å². The Hall–Kier alpha value is -0.610. The average molecular weight is 186 g/mol. The van der Waals surface area contributed by atoms with Crippen molar-refractivity contribution in [2.75, 3.05) is 20.3 Å². The fourth-order valence-electron chi connectivity index (χ4n) is 1.61. The number of amides is 1. The fourth-order valence-corrected chi connectivity index (χ4v) is 1.61. The lowest BCUT2D eigenvalue weighted by molar-refractivity contribution is -0.123. The lowest BCUT2D eigenvalue weighted by Crippen LogP contribution is -2.47. The molecular weight excluding hydrogens is 168 g/mol. The van der Waals surface area contributed by atoms with Gasteiger partial charge in [0.2, 0.25) is 5.91 Å². The van der Waals surface area contributed by atoms with Crippen LogP contribution in [0.1, 0.15) is 19.8 Å². The first-order valence-corrected chi connectivity index (χ1v) is 4.72. The molecule has 0 aromatic heterocycles. The zero-order chi connectivity index (χ0) is 9.84. The number of ether oxygens (including phenoxy) is 1. The van der Waals surface area contributed by atoms with Gasteiger partial charge in [0, 0.05) is 19.3 Å². The van der Waals surface area contributed by atoms with E-state index >= 15 is 0 Å². The van der Waals surface area contributed by atoms with E-state index in [4.69, 9.17) is 10.5 Å². The number of carbonyl (C=O) groups excluding carboxylic acids is 1.